The van der Waals surface area contributed by atoms with Gasteiger partial charge < -0.3 is 9.64 Å². The van der Waals surface area contributed by atoms with Crippen LogP contribution in [0, 0.1) is 0 Å². The monoisotopic (exact) mass is 325 g/mol. The third-order valence-electron chi connectivity index (χ3n) is 4.24. The van der Waals surface area contributed by atoms with Crippen LogP contribution in [0.1, 0.15) is 12.5 Å². The van der Waals surface area contributed by atoms with Crippen molar-refractivity contribution in [2.75, 3.05) is 26.2 Å². The molecule has 1 saturated heterocycles. The van der Waals surface area contributed by atoms with Crippen LogP contribution in [0.2, 0.25) is 0 Å². The first-order chi connectivity index (χ1) is 11.7. The number of nitrogens with zero attached hydrogens (tertiary/aromatic N) is 3. The Labute approximate surface area is 142 Å². The van der Waals surface area contributed by atoms with Crippen molar-refractivity contribution in [3.63, 3.8) is 0 Å². The summed E-state index contributed by atoms with van der Waals surface area (Å²) in [4.78, 5) is 20.8. The molecule has 5 heteroatoms. The fourth-order valence-corrected chi connectivity index (χ4v) is 2.88. The Morgan fingerprint density at radius 3 is 2.42 bits per heavy atom. The lowest BCUT2D eigenvalue weighted by atomic mass is 10.2. The summed E-state index contributed by atoms with van der Waals surface area (Å²) < 4.78 is 5.74. The first kappa shape index (κ1) is 16.5. The number of rotatable bonds is 5. The van der Waals surface area contributed by atoms with E-state index >= 15 is 0 Å². The summed E-state index contributed by atoms with van der Waals surface area (Å²) in [6.07, 6.45) is 3.18. The zero-order valence-electron chi connectivity index (χ0n) is 14.0. The SMILES string of the molecule is CC(Oc1ccccc1)C(=O)N1CCN(Cc2ccncc2)CC1. The Hall–Kier alpha value is -2.40. The van der Waals surface area contributed by atoms with E-state index in [4.69, 9.17) is 4.74 Å². The van der Waals surface area contributed by atoms with E-state index in [0.717, 1.165) is 38.5 Å². The van der Waals surface area contributed by atoms with E-state index in [0.29, 0.717) is 0 Å². The van der Waals surface area contributed by atoms with Gasteiger partial charge in [0.25, 0.3) is 5.91 Å². The van der Waals surface area contributed by atoms with Gasteiger partial charge in [-0.25, -0.2) is 0 Å². The summed E-state index contributed by atoms with van der Waals surface area (Å²) in [5, 5.41) is 0. The van der Waals surface area contributed by atoms with Gasteiger partial charge in [0.05, 0.1) is 0 Å². The van der Waals surface area contributed by atoms with E-state index in [1.54, 1.807) is 0 Å². The predicted molar refractivity (Wildman–Crippen MR) is 92.6 cm³/mol. The molecule has 0 aliphatic carbocycles. The number of pyridine rings is 1. The molecule has 0 spiro atoms. The molecule has 0 saturated carbocycles. The molecule has 3 rings (SSSR count). The van der Waals surface area contributed by atoms with Crippen LogP contribution in [0.4, 0.5) is 0 Å². The molecule has 1 unspecified atom stereocenters. The Balaban J connectivity index is 1.48. The van der Waals surface area contributed by atoms with Crippen molar-refractivity contribution in [1.82, 2.24) is 14.8 Å². The molecule has 1 atom stereocenters. The molecule has 1 aromatic carbocycles. The van der Waals surface area contributed by atoms with Crippen LogP contribution in [-0.2, 0) is 11.3 Å². The molecule has 0 bridgehead atoms. The zero-order chi connectivity index (χ0) is 16.8. The molecular formula is C19H23N3O2. The molecular weight excluding hydrogens is 302 g/mol. The minimum Gasteiger partial charge on any atom is -0.481 e. The maximum absolute atomic E-state index is 12.5. The van der Waals surface area contributed by atoms with Gasteiger partial charge in [-0.05, 0) is 36.8 Å². The minimum absolute atomic E-state index is 0.0578. The van der Waals surface area contributed by atoms with Crippen molar-refractivity contribution < 1.29 is 9.53 Å². The lowest BCUT2D eigenvalue weighted by Crippen LogP contribution is -2.51. The molecule has 1 aliphatic rings. The highest BCUT2D eigenvalue weighted by Crippen LogP contribution is 2.14. The molecule has 0 N–H and O–H groups in total. The van der Waals surface area contributed by atoms with Crippen LogP contribution in [0.15, 0.2) is 54.9 Å². The molecule has 0 radical (unpaired) electrons. The van der Waals surface area contributed by atoms with Gasteiger partial charge in [0, 0.05) is 45.1 Å². The number of carbonyl (C=O) groups excluding carboxylic acids is 1. The summed E-state index contributed by atoms with van der Waals surface area (Å²) in [7, 11) is 0. The summed E-state index contributed by atoms with van der Waals surface area (Å²) in [6, 6.07) is 13.6. The van der Waals surface area contributed by atoms with Crippen molar-refractivity contribution in [2.45, 2.75) is 19.6 Å². The van der Waals surface area contributed by atoms with Crippen LogP contribution >= 0.6 is 0 Å². The Kier molecular flexibility index (Phi) is 5.43. The van der Waals surface area contributed by atoms with Crippen LogP contribution in [0.3, 0.4) is 0 Å². The molecule has 1 aliphatic heterocycles. The summed E-state index contributed by atoms with van der Waals surface area (Å²) in [5.74, 6) is 0.789. The zero-order valence-corrected chi connectivity index (χ0v) is 14.0. The lowest BCUT2D eigenvalue weighted by molar-refractivity contribution is -0.139. The third-order valence-corrected chi connectivity index (χ3v) is 4.24. The number of amides is 1. The molecule has 1 amide bonds. The summed E-state index contributed by atoms with van der Waals surface area (Å²) in [6.45, 7) is 5.97. The van der Waals surface area contributed by atoms with Crippen molar-refractivity contribution in [2.24, 2.45) is 0 Å². The quantitative estimate of drug-likeness (QED) is 0.845. The maximum Gasteiger partial charge on any atom is 0.263 e. The smallest absolute Gasteiger partial charge is 0.263 e. The number of ether oxygens (including phenoxy) is 1. The normalized spacial score (nSPS) is 16.6. The van der Waals surface area contributed by atoms with Gasteiger partial charge in [0.1, 0.15) is 5.75 Å². The third kappa shape index (κ3) is 4.32. The lowest BCUT2D eigenvalue weighted by Gasteiger charge is -2.35. The number of para-hydroxylation sites is 1. The van der Waals surface area contributed by atoms with Gasteiger partial charge in [0.2, 0.25) is 0 Å². The van der Waals surface area contributed by atoms with Crippen LogP contribution in [0.25, 0.3) is 0 Å². The summed E-state index contributed by atoms with van der Waals surface area (Å²) >= 11 is 0. The fraction of sp³-hybridized carbons (Fsp3) is 0.368. The number of piperazine rings is 1. The van der Waals surface area contributed by atoms with Crippen molar-refractivity contribution >= 4 is 5.91 Å². The molecule has 2 aromatic rings. The van der Waals surface area contributed by atoms with Crippen LogP contribution in [0.5, 0.6) is 5.75 Å². The van der Waals surface area contributed by atoms with E-state index in [1.807, 2.05) is 66.7 Å². The van der Waals surface area contributed by atoms with Gasteiger partial charge in [-0.1, -0.05) is 18.2 Å². The average molecular weight is 325 g/mol. The minimum atomic E-state index is -0.459. The second-order valence-corrected chi connectivity index (χ2v) is 6.03. The fourth-order valence-electron chi connectivity index (χ4n) is 2.88. The average Bonchev–Trinajstić information content (AvgIpc) is 2.63. The first-order valence-electron chi connectivity index (χ1n) is 8.34. The first-order valence-corrected chi connectivity index (χ1v) is 8.34. The molecule has 5 nitrogen and oxygen atoms in total. The maximum atomic E-state index is 12.5. The molecule has 2 heterocycles. The topological polar surface area (TPSA) is 45.7 Å². The van der Waals surface area contributed by atoms with E-state index < -0.39 is 6.10 Å². The van der Waals surface area contributed by atoms with Gasteiger partial charge in [-0.15, -0.1) is 0 Å². The molecule has 1 fully saturated rings. The second kappa shape index (κ2) is 7.93. The second-order valence-electron chi connectivity index (χ2n) is 6.03. The Morgan fingerprint density at radius 1 is 1.08 bits per heavy atom. The number of benzene rings is 1. The van der Waals surface area contributed by atoms with Gasteiger partial charge in [-0.2, -0.15) is 0 Å². The van der Waals surface area contributed by atoms with Crippen molar-refractivity contribution in [1.29, 1.82) is 0 Å². The van der Waals surface area contributed by atoms with E-state index in [2.05, 4.69) is 9.88 Å². The molecule has 1 aromatic heterocycles. The molecule has 126 valence electrons. The largest absolute Gasteiger partial charge is 0.481 e. The Bertz CT molecular complexity index is 640. The highest BCUT2D eigenvalue weighted by molar-refractivity contribution is 5.81. The van der Waals surface area contributed by atoms with Gasteiger partial charge in [-0.3, -0.25) is 14.7 Å². The molecule has 24 heavy (non-hydrogen) atoms. The van der Waals surface area contributed by atoms with E-state index in [-0.39, 0.29) is 5.91 Å². The van der Waals surface area contributed by atoms with Gasteiger partial charge >= 0.3 is 0 Å². The van der Waals surface area contributed by atoms with E-state index in [1.165, 1.54) is 5.56 Å². The van der Waals surface area contributed by atoms with Crippen molar-refractivity contribution in [3.8, 4) is 5.75 Å². The highest BCUT2D eigenvalue weighted by Gasteiger charge is 2.26. The summed E-state index contributed by atoms with van der Waals surface area (Å²) in [5.41, 5.74) is 1.26. The predicted octanol–water partition coefficient (Wildman–Crippen LogP) is 2.19. The highest BCUT2D eigenvalue weighted by atomic mass is 16.5. The number of carbonyl (C=O) groups is 1. The van der Waals surface area contributed by atoms with Crippen LogP contribution in [-0.4, -0.2) is 53.0 Å². The standard InChI is InChI=1S/C19H23N3O2/c1-16(24-18-5-3-2-4-6-18)19(23)22-13-11-21(12-14-22)15-17-7-9-20-10-8-17/h2-10,16H,11-15H2,1H3. The van der Waals surface area contributed by atoms with Crippen molar-refractivity contribution in [3.05, 3.63) is 60.4 Å². The number of hydrogen-bond acceptors (Lipinski definition) is 4. The Morgan fingerprint density at radius 2 is 1.75 bits per heavy atom. The van der Waals surface area contributed by atoms with Crippen LogP contribution < -0.4 is 4.74 Å². The number of aromatic nitrogens is 1. The number of hydrogen-bond donors (Lipinski definition) is 0. The van der Waals surface area contributed by atoms with Gasteiger partial charge in [0.15, 0.2) is 6.10 Å². The van der Waals surface area contributed by atoms with E-state index in [9.17, 15) is 4.79 Å².